The molecule has 0 heterocycles. The van der Waals surface area contributed by atoms with Crippen LogP contribution >= 0.6 is 0 Å². The summed E-state index contributed by atoms with van der Waals surface area (Å²) in [6.45, 7) is 17.5. The van der Waals surface area contributed by atoms with Crippen LogP contribution in [0, 0.1) is 0 Å². The molecule has 0 saturated heterocycles. The molecule has 0 spiro atoms. The molecule has 0 unspecified atom stereocenters. The first-order chi connectivity index (χ1) is 7.08. The van der Waals surface area contributed by atoms with E-state index in [0.29, 0.717) is 0 Å². The van der Waals surface area contributed by atoms with Crippen molar-refractivity contribution < 1.29 is 0 Å². The highest BCUT2D eigenvalue weighted by Crippen LogP contribution is 1.98. The molecule has 0 atom stereocenters. The van der Waals surface area contributed by atoms with Crippen LogP contribution in [-0.4, -0.2) is 7.05 Å². The first kappa shape index (κ1) is 23.8. The summed E-state index contributed by atoms with van der Waals surface area (Å²) in [4.78, 5) is 0. The van der Waals surface area contributed by atoms with Crippen molar-refractivity contribution in [2.24, 2.45) is 11.5 Å². The van der Waals surface area contributed by atoms with Crippen molar-refractivity contribution in [3.05, 3.63) is 24.4 Å². The summed E-state index contributed by atoms with van der Waals surface area (Å²) >= 11 is 0. The van der Waals surface area contributed by atoms with Gasteiger partial charge in [0.15, 0.2) is 0 Å². The minimum absolute atomic E-state index is 0.755. The number of nitrogens with two attached hydrogens (primary N) is 2. The van der Waals surface area contributed by atoms with Crippen LogP contribution in [0.5, 0.6) is 0 Å². The molecular formula is C13H32N2. The molecule has 0 radical (unpaired) electrons. The summed E-state index contributed by atoms with van der Waals surface area (Å²) in [6, 6.07) is 0. The third kappa shape index (κ3) is 60.9. The van der Waals surface area contributed by atoms with Gasteiger partial charge in [-0.3, -0.25) is 0 Å². The van der Waals surface area contributed by atoms with Gasteiger partial charge in [0.25, 0.3) is 0 Å². The molecule has 0 amide bonds. The molecule has 2 heteroatoms. The van der Waals surface area contributed by atoms with Crippen molar-refractivity contribution in [3.8, 4) is 0 Å². The molecule has 0 fully saturated rings. The molecule has 0 aliphatic heterocycles. The third-order valence-electron chi connectivity index (χ3n) is 1.45. The van der Waals surface area contributed by atoms with Crippen molar-refractivity contribution in [2.45, 2.75) is 53.9 Å². The van der Waals surface area contributed by atoms with Gasteiger partial charge in [0.1, 0.15) is 0 Å². The number of rotatable bonds is 3. The van der Waals surface area contributed by atoms with Crippen molar-refractivity contribution in [3.63, 3.8) is 0 Å². The Balaban J connectivity index is -0.0000000610. The Bertz CT molecular complexity index is 112. The van der Waals surface area contributed by atoms with E-state index in [1.165, 1.54) is 12.6 Å². The van der Waals surface area contributed by atoms with Crippen LogP contribution in [0.1, 0.15) is 53.9 Å². The van der Waals surface area contributed by atoms with Gasteiger partial charge in [-0.2, -0.15) is 0 Å². The Morgan fingerprint density at radius 3 is 1.07 bits per heavy atom. The lowest BCUT2D eigenvalue weighted by molar-refractivity contribution is 0.986. The summed E-state index contributed by atoms with van der Waals surface area (Å²) in [7, 11) is 1.50. The SMILES string of the molecule is C=C(CC)CC.C=C(N)CC.CC.CN. The molecule has 0 aromatic carbocycles. The molecule has 0 bridgehead atoms. The molecule has 2 nitrogen and oxygen atoms in total. The fourth-order valence-electron chi connectivity index (χ4n) is 0.250. The van der Waals surface area contributed by atoms with Gasteiger partial charge in [0.2, 0.25) is 0 Å². The maximum Gasteiger partial charge on any atom is 0.000466 e. The number of hydrogen-bond acceptors (Lipinski definition) is 2. The average Bonchev–Trinajstić information content (AvgIpc) is 2.33. The largest absolute Gasteiger partial charge is 0.403 e. The predicted octanol–water partition coefficient (Wildman–Crippen LogP) is 3.83. The van der Waals surface area contributed by atoms with Crippen LogP contribution in [0.25, 0.3) is 0 Å². The van der Waals surface area contributed by atoms with Crippen molar-refractivity contribution in [2.75, 3.05) is 7.05 Å². The zero-order valence-corrected chi connectivity index (χ0v) is 11.7. The lowest BCUT2D eigenvalue weighted by Crippen LogP contribution is -1.89. The minimum atomic E-state index is 0.755. The summed E-state index contributed by atoms with van der Waals surface area (Å²) < 4.78 is 0. The second kappa shape index (κ2) is 29.2. The standard InChI is InChI=1S/C6H12.C4H9N.C2H6.CH5N/c1-4-6(3)5-2;1-3-4(2)5;2*1-2/h3-5H2,1-2H3;2-3,5H2,1H3;1-2H3;2H2,1H3. The molecule has 4 N–H and O–H groups in total. The van der Waals surface area contributed by atoms with E-state index < -0.39 is 0 Å². The monoisotopic (exact) mass is 216 g/mol. The van der Waals surface area contributed by atoms with Crippen LogP contribution in [0.2, 0.25) is 0 Å². The van der Waals surface area contributed by atoms with E-state index in [-0.39, 0.29) is 0 Å². The number of allylic oxidation sites excluding steroid dienone is 2. The van der Waals surface area contributed by atoms with Crippen LogP contribution in [0.4, 0.5) is 0 Å². The van der Waals surface area contributed by atoms with E-state index in [1.54, 1.807) is 0 Å². The lowest BCUT2D eigenvalue weighted by Gasteiger charge is -1.89. The Kier molecular flexibility index (Phi) is 46.4. The van der Waals surface area contributed by atoms with Crippen molar-refractivity contribution >= 4 is 0 Å². The molecule has 0 aliphatic carbocycles. The van der Waals surface area contributed by atoms with Gasteiger partial charge in [-0.25, -0.2) is 0 Å². The van der Waals surface area contributed by atoms with Gasteiger partial charge in [0.05, 0.1) is 0 Å². The van der Waals surface area contributed by atoms with Crippen LogP contribution in [0.15, 0.2) is 24.4 Å². The summed E-state index contributed by atoms with van der Waals surface area (Å²) in [6.07, 6.45) is 3.16. The summed E-state index contributed by atoms with van der Waals surface area (Å²) in [5.41, 5.74) is 11.7. The zero-order chi connectivity index (χ0) is 13.3. The zero-order valence-electron chi connectivity index (χ0n) is 11.7. The highest BCUT2D eigenvalue weighted by molar-refractivity contribution is 4.89. The van der Waals surface area contributed by atoms with Crippen molar-refractivity contribution in [1.29, 1.82) is 0 Å². The molecule has 94 valence electrons. The highest BCUT2D eigenvalue weighted by Gasteiger charge is 1.78. The summed E-state index contributed by atoms with van der Waals surface area (Å²) in [5, 5.41) is 0. The van der Waals surface area contributed by atoms with Crippen molar-refractivity contribution in [1.82, 2.24) is 0 Å². The van der Waals surface area contributed by atoms with E-state index >= 15 is 0 Å². The minimum Gasteiger partial charge on any atom is -0.403 e. The van der Waals surface area contributed by atoms with Gasteiger partial charge < -0.3 is 11.5 Å². The quantitative estimate of drug-likeness (QED) is 0.704. The van der Waals surface area contributed by atoms with Gasteiger partial charge in [-0.1, -0.05) is 53.3 Å². The number of hydrogen-bond donors (Lipinski definition) is 2. The van der Waals surface area contributed by atoms with E-state index in [0.717, 1.165) is 25.0 Å². The van der Waals surface area contributed by atoms with E-state index in [2.05, 4.69) is 32.7 Å². The Hall–Kier alpha value is -0.760. The summed E-state index contributed by atoms with van der Waals surface area (Å²) in [5.74, 6) is 0. The Morgan fingerprint density at radius 1 is 0.867 bits per heavy atom. The average molecular weight is 216 g/mol. The predicted molar refractivity (Wildman–Crippen MR) is 74.8 cm³/mol. The molecule has 0 aromatic rings. The van der Waals surface area contributed by atoms with Crippen LogP contribution < -0.4 is 11.5 Å². The smallest absolute Gasteiger partial charge is 0.000466 e. The molecule has 0 rings (SSSR count). The van der Waals surface area contributed by atoms with E-state index in [9.17, 15) is 0 Å². The van der Waals surface area contributed by atoms with E-state index in [4.69, 9.17) is 5.73 Å². The first-order valence-electron chi connectivity index (χ1n) is 5.76. The third-order valence-corrected chi connectivity index (χ3v) is 1.45. The second-order valence-corrected chi connectivity index (χ2v) is 2.47. The lowest BCUT2D eigenvalue weighted by atomic mass is 10.2. The molecule has 0 aliphatic rings. The normalized spacial score (nSPS) is 6.60. The van der Waals surface area contributed by atoms with Gasteiger partial charge in [-0.15, -0.1) is 0 Å². The van der Waals surface area contributed by atoms with E-state index in [1.807, 2.05) is 20.8 Å². The molecule has 0 saturated carbocycles. The Morgan fingerprint density at radius 2 is 1.07 bits per heavy atom. The van der Waals surface area contributed by atoms with Crippen LogP contribution in [-0.2, 0) is 0 Å². The maximum absolute atomic E-state index is 5.10. The highest BCUT2D eigenvalue weighted by atomic mass is 14.5. The fourth-order valence-corrected chi connectivity index (χ4v) is 0.250. The fraction of sp³-hybridized carbons (Fsp3) is 0.692. The molecule has 15 heavy (non-hydrogen) atoms. The Labute approximate surface area is 97.4 Å². The second-order valence-electron chi connectivity index (χ2n) is 2.47. The van der Waals surface area contributed by atoms with Crippen LogP contribution in [0.3, 0.4) is 0 Å². The first-order valence-corrected chi connectivity index (χ1v) is 5.76. The molecular weight excluding hydrogens is 184 g/mol. The van der Waals surface area contributed by atoms with Gasteiger partial charge in [-0.05, 0) is 26.3 Å². The van der Waals surface area contributed by atoms with Gasteiger partial charge in [0, 0.05) is 5.70 Å². The van der Waals surface area contributed by atoms with Gasteiger partial charge >= 0.3 is 0 Å². The molecule has 0 aromatic heterocycles. The maximum atomic E-state index is 5.10. The topological polar surface area (TPSA) is 52.0 Å².